The molecule has 1 aliphatic rings. The second-order valence-corrected chi connectivity index (χ2v) is 14.2. The van der Waals surface area contributed by atoms with Gasteiger partial charge in [-0.1, -0.05) is 96.7 Å². The summed E-state index contributed by atoms with van der Waals surface area (Å²) in [7, 11) is -2.89. The van der Waals surface area contributed by atoms with E-state index in [1.54, 1.807) is 54.6 Å². The minimum atomic E-state index is -4.30. The molecule has 1 unspecified atom stereocenters. The number of hydrogen-bond acceptors (Lipinski definition) is 5. The van der Waals surface area contributed by atoms with Crippen molar-refractivity contribution >= 4 is 50.7 Å². The lowest BCUT2D eigenvalue weighted by Crippen LogP contribution is -2.54. The minimum Gasteiger partial charge on any atom is -0.495 e. The van der Waals surface area contributed by atoms with E-state index in [0.29, 0.717) is 5.02 Å². The summed E-state index contributed by atoms with van der Waals surface area (Å²) in [4.78, 5) is 30.2. The van der Waals surface area contributed by atoms with Gasteiger partial charge < -0.3 is 15.0 Å². The number of anilines is 1. The highest BCUT2D eigenvalue weighted by Gasteiger charge is 2.36. The Morgan fingerprint density at radius 3 is 2.11 bits per heavy atom. The first-order valence-corrected chi connectivity index (χ1v) is 17.6. The zero-order valence-corrected chi connectivity index (χ0v) is 28.3. The Kier molecular flexibility index (Phi) is 11.4. The van der Waals surface area contributed by atoms with Crippen molar-refractivity contribution in [2.75, 3.05) is 18.0 Å². The van der Waals surface area contributed by atoms with Gasteiger partial charge in [-0.25, -0.2) is 8.42 Å². The number of halogens is 2. The average Bonchev–Trinajstić information content (AvgIpc) is 3.59. The summed E-state index contributed by atoms with van der Waals surface area (Å²) in [6, 6.07) is 28.0. The molecular formula is C36H37Cl2N3O5S. The SMILES string of the molecule is COc1ccc(Cl)cc1N(CC(=O)N(Cc1ccc(Cl)cc1)C(Cc1ccccc1)C(=O)NC1CCCC1)S(=O)(=O)c1ccccc1. The van der Waals surface area contributed by atoms with Gasteiger partial charge in [-0.3, -0.25) is 13.9 Å². The molecule has 0 spiro atoms. The summed E-state index contributed by atoms with van der Waals surface area (Å²) < 4.78 is 35.0. The third-order valence-corrected chi connectivity index (χ3v) is 10.5. The number of nitrogens with zero attached hydrogens (tertiary/aromatic N) is 2. The van der Waals surface area contributed by atoms with Crippen LogP contribution in [0.2, 0.25) is 10.0 Å². The molecule has 0 radical (unpaired) electrons. The maximum absolute atomic E-state index is 14.7. The molecule has 1 fully saturated rings. The Morgan fingerprint density at radius 1 is 0.851 bits per heavy atom. The topological polar surface area (TPSA) is 96.0 Å². The summed E-state index contributed by atoms with van der Waals surface area (Å²) in [5.41, 5.74) is 1.68. The van der Waals surface area contributed by atoms with Crippen LogP contribution in [0.15, 0.2) is 108 Å². The van der Waals surface area contributed by atoms with E-state index in [2.05, 4.69) is 5.32 Å². The van der Waals surface area contributed by atoms with Gasteiger partial charge in [0.05, 0.1) is 17.7 Å². The molecule has 11 heteroatoms. The largest absolute Gasteiger partial charge is 0.495 e. The molecule has 1 saturated carbocycles. The lowest BCUT2D eigenvalue weighted by atomic mass is 10.0. The molecule has 0 aliphatic heterocycles. The molecule has 2 amide bonds. The maximum atomic E-state index is 14.7. The first kappa shape index (κ1) is 34.3. The molecule has 5 rings (SSSR count). The van der Waals surface area contributed by atoms with E-state index in [1.807, 2.05) is 30.3 Å². The Morgan fingerprint density at radius 2 is 1.47 bits per heavy atom. The number of rotatable bonds is 13. The van der Waals surface area contributed by atoms with Crippen LogP contribution in [0.4, 0.5) is 5.69 Å². The van der Waals surface area contributed by atoms with Crippen LogP contribution in [-0.4, -0.2) is 50.9 Å². The standard InChI is InChI=1S/C36H37Cl2N3O5S/c1-46-34-21-20-29(38)23-32(34)41(47(44,45)31-14-6-3-7-15-31)25-35(42)40(24-27-16-18-28(37)19-17-27)33(22-26-10-4-2-5-11-26)36(43)39-30-12-8-9-13-30/h2-7,10-11,14-21,23,30,33H,8-9,12-13,22,24-25H2,1H3,(H,39,43). The predicted molar refractivity (Wildman–Crippen MR) is 185 cm³/mol. The zero-order chi connectivity index (χ0) is 33.4. The third kappa shape index (κ3) is 8.66. The molecule has 4 aromatic rings. The van der Waals surface area contributed by atoms with Crippen LogP contribution in [0.1, 0.15) is 36.8 Å². The van der Waals surface area contributed by atoms with Crippen LogP contribution < -0.4 is 14.4 Å². The number of amides is 2. The molecule has 1 N–H and O–H groups in total. The van der Waals surface area contributed by atoms with Crippen molar-refractivity contribution in [3.63, 3.8) is 0 Å². The van der Waals surface area contributed by atoms with E-state index in [0.717, 1.165) is 41.1 Å². The Bertz CT molecular complexity index is 1770. The second kappa shape index (κ2) is 15.7. The van der Waals surface area contributed by atoms with Crippen LogP contribution in [0.25, 0.3) is 0 Å². The van der Waals surface area contributed by atoms with Gasteiger partial charge in [-0.05, 0) is 66.4 Å². The highest BCUT2D eigenvalue weighted by Crippen LogP contribution is 2.35. The average molecular weight is 695 g/mol. The number of nitrogens with one attached hydrogen (secondary N) is 1. The Labute approximate surface area is 286 Å². The number of carbonyl (C=O) groups excluding carboxylic acids is 2. The minimum absolute atomic E-state index is 0.0129. The van der Waals surface area contributed by atoms with E-state index in [9.17, 15) is 18.0 Å². The Hall–Kier alpha value is -4.05. The van der Waals surface area contributed by atoms with Crippen molar-refractivity contribution in [2.24, 2.45) is 0 Å². The van der Waals surface area contributed by atoms with E-state index in [1.165, 1.54) is 30.2 Å². The number of carbonyl (C=O) groups is 2. The summed E-state index contributed by atoms with van der Waals surface area (Å²) in [5.74, 6) is -0.657. The summed E-state index contributed by atoms with van der Waals surface area (Å²) in [6.07, 6.45) is 4.01. The molecule has 1 atom stereocenters. The van der Waals surface area contributed by atoms with Gasteiger partial charge in [0.25, 0.3) is 10.0 Å². The lowest BCUT2D eigenvalue weighted by molar-refractivity contribution is -0.140. The van der Waals surface area contributed by atoms with Crippen molar-refractivity contribution in [1.29, 1.82) is 0 Å². The number of benzene rings is 4. The van der Waals surface area contributed by atoms with Crippen molar-refractivity contribution in [3.05, 3.63) is 124 Å². The molecule has 47 heavy (non-hydrogen) atoms. The molecule has 0 heterocycles. The molecule has 0 aromatic heterocycles. The molecule has 0 saturated heterocycles. The highest BCUT2D eigenvalue weighted by molar-refractivity contribution is 7.92. The van der Waals surface area contributed by atoms with E-state index >= 15 is 0 Å². The van der Waals surface area contributed by atoms with Crippen molar-refractivity contribution < 1.29 is 22.7 Å². The van der Waals surface area contributed by atoms with Gasteiger partial charge in [-0.2, -0.15) is 0 Å². The van der Waals surface area contributed by atoms with Crippen molar-refractivity contribution in [3.8, 4) is 5.75 Å². The summed E-state index contributed by atoms with van der Waals surface area (Å²) in [5, 5.41) is 3.96. The van der Waals surface area contributed by atoms with E-state index in [-0.39, 0.29) is 46.3 Å². The van der Waals surface area contributed by atoms with Crippen molar-refractivity contribution in [2.45, 2.75) is 55.6 Å². The number of ether oxygens (including phenoxy) is 1. The molecule has 1 aliphatic carbocycles. The number of methoxy groups -OCH3 is 1. The summed E-state index contributed by atoms with van der Waals surface area (Å²) >= 11 is 12.5. The van der Waals surface area contributed by atoms with Crippen LogP contribution in [0.5, 0.6) is 5.75 Å². The molecular weight excluding hydrogens is 657 g/mol. The monoisotopic (exact) mass is 693 g/mol. The van der Waals surface area contributed by atoms with Gasteiger partial charge in [0, 0.05) is 29.1 Å². The highest BCUT2D eigenvalue weighted by atomic mass is 35.5. The van der Waals surface area contributed by atoms with Gasteiger partial charge >= 0.3 is 0 Å². The van der Waals surface area contributed by atoms with Crippen LogP contribution in [-0.2, 0) is 32.6 Å². The molecule has 246 valence electrons. The molecule has 4 aromatic carbocycles. The fourth-order valence-corrected chi connectivity index (χ4v) is 7.53. The molecule has 0 bridgehead atoms. The quantitative estimate of drug-likeness (QED) is 0.164. The summed E-state index contributed by atoms with van der Waals surface area (Å²) in [6.45, 7) is -0.582. The number of hydrogen-bond donors (Lipinski definition) is 1. The van der Waals surface area contributed by atoms with Crippen molar-refractivity contribution in [1.82, 2.24) is 10.2 Å². The molecule has 8 nitrogen and oxygen atoms in total. The normalized spacial score (nSPS) is 13.9. The maximum Gasteiger partial charge on any atom is 0.264 e. The fraction of sp³-hybridized carbons (Fsp3) is 0.278. The second-order valence-electron chi connectivity index (χ2n) is 11.5. The smallest absolute Gasteiger partial charge is 0.264 e. The van der Waals surface area contributed by atoms with Crippen LogP contribution in [0, 0.1) is 0 Å². The van der Waals surface area contributed by atoms with Crippen LogP contribution >= 0.6 is 23.2 Å². The van der Waals surface area contributed by atoms with Gasteiger partial charge in [0.1, 0.15) is 18.3 Å². The first-order chi connectivity index (χ1) is 22.7. The van der Waals surface area contributed by atoms with E-state index in [4.69, 9.17) is 27.9 Å². The number of sulfonamides is 1. The predicted octanol–water partition coefficient (Wildman–Crippen LogP) is 6.90. The van der Waals surface area contributed by atoms with Gasteiger partial charge in [0.15, 0.2) is 0 Å². The van der Waals surface area contributed by atoms with E-state index < -0.39 is 28.5 Å². The lowest BCUT2D eigenvalue weighted by Gasteiger charge is -2.34. The van der Waals surface area contributed by atoms with Gasteiger partial charge in [0.2, 0.25) is 11.8 Å². The zero-order valence-electron chi connectivity index (χ0n) is 26.0. The third-order valence-electron chi connectivity index (χ3n) is 8.26. The van der Waals surface area contributed by atoms with Crippen LogP contribution in [0.3, 0.4) is 0 Å². The fourth-order valence-electron chi connectivity index (χ4n) is 5.80. The Balaban J connectivity index is 1.59. The first-order valence-electron chi connectivity index (χ1n) is 15.5. The van der Waals surface area contributed by atoms with Gasteiger partial charge in [-0.15, -0.1) is 0 Å².